The Balaban J connectivity index is 1.74. The average Bonchev–Trinajstić information content (AvgIpc) is 2.79. The number of hydrogen-bond donors (Lipinski definition) is 0. The van der Waals surface area contributed by atoms with Gasteiger partial charge in [-0.1, -0.05) is 78.9 Å². The number of rotatable bonds is 4. The van der Waals surface area contributed by atoms with Gasteiger partial charge in [0.25, 0.3) is 5.91 Å². The van der Waals surface area contributed by atoms with Crippen molar-refractivity contribution in [2.24, 2.45) is 5.92 Å². The molecule has 3 aromatic rings. The molecule has 0 bridgehead atoms. The van der Waals surface area contributed by atoms with Gasteiger partial charge in [0, 0.05) is 23.6 Å². The Hall–Kier alpha value is -3.20. The van der Waals surface area contributed by atoms with E-state index in [9.17, 15) is 9.59 Å². The van der Waals surface area contributed by atoms with Crippen LogP contribution in [0.2, 0.25) is 0 Å². The van der Waals surface area contributed by atoms with Crippen molar-refractivity contribution in [2.75, 3.05) is 6.54 Å². The maximum atomic E-state index is 13.4. The Morgan fingerprint density at radius 2 is 1.25 bits per heavy atom. The van der Waals surface area contributed by atoms with Crippen molar-refractivity contribution in [3.8, 4) is 0 Å². The van der Waals surface area contributed by atoms with Gasteiger partial charge in [-0.25, -0.2) is 0 Å². The minimum absolute atomic E-state index is 0.0139. The van der Waals surface area contributed by atoms with Gasteiger partial charge in [0.1, 0.15) is 0 Å². The molecular weight excluding hydrogens is 346 g/mol. The Labute approximate surface area is 165 Å². The maximum Gasteiger partial charge on any atom is 0.254 e. The fourth-order valence-electron chi connectivity index (χ4n) is 4.12. The molecule has 0 aromatic heterocycles. The molecule has 1 saturated heterocycles. The predicted molar refractivity (Wildman–Crippen MR) is 110 cm³/mol. The van der Waals surface area contributed by atoms with Gasteiger partial charge in [-0.2, -0.15) is 0 Å². The van der Waals surface area contributed by atoms with Crippen molar-refractivity contribution in [2.45, 2.75) is 18.9 Å². The van der Waals surface area contributed by atoms with E-state index in [2.05, 4.69) is 0 Å². The van der Waals surface area contributed by atoms with Gasteiger partial charge < -0.3 is 4.90 Å². The Kier molecular flexibility index (Phi) is 5.34. The normalized spacial score (nSPS) is 19.2. The molecule has 1 amide bonds. The zero-order chi connectivity index (χ0) is 19.3. The zero-order valence-corrected chi connectivity index (χ0v) is 15.7. The van der Waals surface area contributed by atoms with E-state index < -0.39 is 0 Å². The third-order valence-electron chi connectivity index (χ3n) is 5.45. The first kappa shape index (κ1) is 18.2. The van der Waals surface area contributed by atoms with Crippen molar-refractivity contribution in [3.63, 3.8) is 0 Å². The van der Waals surface area contributed by atoms with Crippen LogP contribution in [0.4, 0.5) is 0 Å². The van der Waals surface area contributed by atoms with Gasteiger partial charge in [-0.15, -0.1) is 0 Å². The second-order valence-corrected chi connectivity index (χ2v) is 7.20. The second-order valence-electron chi connectivity index (χ2n) is 7.20. The van der Waals surface area contributed by atoms with Crippen LogP contribution >= 0.6 is 0 Å². The van der Waals surface area contributed by atoms with Crippen LogP contribution in [0.25, 0.3) is 0 Å². The van der Waals surface area contributed by atoms with Gasteiger partial charge in [0.05, 0.1) is 6.04 Å². The molecule has 3 aromatic carbocycles. The molecule has 0 aliphatic carbocycles. The van der Waals surface area contributed by atoms with Crippen LogP contribution in [0.1, 0.15) is 45.2 Å². The number of carbonyl (C=O) groups is 2. The minimum Gasteiger partial charge on any atom is -0.331 e. The van der Waals surface area contributed by atoms with Gasteiger partial charge >= 0.3 is 0 Å². The minimum atomic E-state index is -0.254. The summed E-state index contributed by atoms with van der Waals surface area (Å²) >= 11 is 0. The molecule has 2 atom stereocenters. The average molecular weight is 369 g/mol. The molecule has 28 heavy (non-hydrogen) atoms. The van der Waals surface area contributed by atoms with Crippen LogP contribution in [-0.4, -0.2) is 23.1 Å². The van der Waals surface area contributed by atoms with Gasteiger partial charge in [0.2, 0.25) is 0 Å². The first-order valence-corrected chi connectivity index (χ1v) is 9.76. The Morgan fingerprint density at radius 1 is 0.714 bits per heavy atom. The van der Waals surface area contributed by atoms with E-state index in [0.717, 1.165) is 18.4 Å². The number of nitrogens with zero attached hydrogens (tertiary/aromatic N) is 1. The number of likely N-dealkylation sites (tertiary alicyclic amines) is 1. The highest BCUT2D eigenvalue weighted by Gasteiger charge is 2.39. The lowest BCUT2D eigenvalue weighted by molar-refractivity contribution is 0.0460. The van der Waals surface area contributed by atoms with Crippen LogP contribution in [0, 0.1) is 5.92 Å². The summed E-state index contributed by atoms with van der Waals surface area (Å²) in [6.45, 7) is 0.659. The predicted octanol–water partition coefficient (Wildman–Crippen LogP) is 5.16. The van der Waals surface area contributed by atoms with E-state index >= 15 is 0 Å². The molecule has 0 saturated carbocycles. The van der Waals surface area contributed by atoms with Crippen LogP contribution in [0.5, 0.6) is 0 Å². The number of hydrogen-bond acceptors (Lipinski definition) is 2. The number of piperidine rings is 1. The van der Waals surface area contributed by atoms with Crippen LogP contribution in [-0.2, 0) is 0 Å². The number of carbonyl (C=O) groups excluding carboxylic acids is 2. The number of amides is 1. The molecule has 3 heteroatoms. The molecule has 1 heterocycles. The van der Waals surface area contributed by atoms with E-state index in [-0.39, 0.29) is 23.7 Å². The molecule has 2 unspecified atom stereocenters. The van der Waals surface area contributed by atoms with Crippen molar-refractivity contribution >= 4 is 11.7 Å². The van der Waals surface area contributed by atoms with E-state index in [4.69, 9.17) is 0 Å². The van der Waals surface area contributed by atoms with Crippen molar-refractivity contribution in [1.29, 1.82) is 0 Å². The summed E-state index contributed by atoms with van der Waals surface area (Å²) in [7, 11) is 0. The first-order chi connectivity index (χ1) is 13.8. The number of benzene rings is 3. The van der Waals surface area contributed by atoms with Crippen molar-refractivity contribution < 1.29 is 9.59 Å². The van der Waals surface area contributed by atoms with E-state index in [0.29, 0.717) is 17.7 Å². The summed E-state index contributed by atoms with van der Waals surface area (Å²) in [5, 5.41) is 0. The maximum absolute atomic E-state index is 13.4. The van der Waals surface area contributed by atoms with E-state index in [1.165, 1.54) is 0 Å². The Bertz CT molecular complexity index is 879. The van der Waals surface area contributed by atoms with Gasteiger partial charge in [-0.3, -0.25) is 9.59 Å². The smallest absolute Gasteiger partial charge is 0.254 e. The van der Waals surface area contributed by atoms with E-state index in [1.807, 2.05) is 95.9 Å². The summed E-state index contributed by atoms with van der Waals surface area (Å²) in [4.78, 5) is 28.5. The highest BCUT2D eigenvalue weighted by Crippen LogP contribution is 2.38. The molecule has 0 N–H and O–H groups in total. The molecule has 4 rings (SSSR count). The lowest BCUT2D eigenvalue weighted by atomic mass is 9.79. The molecule has 0 radical (unpaired) electrons. The summed E-state index contributed by atoms with van der Waals surface area (Å²) < 4.78 is 0. The molecule has 1 aliphatic heterocycles. The number of Topliss-reactive ketones (excluding diaryl/α,β-unsaturated/α-hetero) is 1. The molecule has 1 fully saturated rings. The van der Waals surface area contributed by atoms with E-state index in [1.54, 1.807) is 0 Å². The topological polar surface area (TPSA) is 37.4 Å². The lowest BCUT2D eigenvalue weighted by Crippen LogP contribution is -2.45. The van der Waals surface area contributed by atoms with Crippen molar-refractivity contribution in [1.82, 2.24) is 4.90 Å². The standard InChI is InChI=1S/C25H23NO2/c27-24(20-13-6-2-7-14-20)22-17-10-18-26(23(22)19-11-4-1-5-12-19)25(28)21-15-8-3-9-16-21/h1-9,11-16,22-23H,10,17-18H2. The van der Waals surface area contributed by atoms with Crippen molar-refractivity contribution in [3.05, 3.63) is 108 Å². The summed E-state index contributed by atoms with van der Waals surface area (Å²) in [5.74, 6) is -0.147. The fraction of sp³-hybridized carbons (Fsp3) is 0.200. The highest BCUT2D eigenvalue weighted by molar-refractivity contribution is 6.00. The second kappa shape index (κ2) is 8.22. The van der Waals surface area contributed by atoms with Gasteiger partial charge in [0.15, 0.2) is 5.78 Å². The van der Waals surface area contributed by atoms with Crippen LogP contribution in [0.3, 0.4) is 0 Å². The third-order valence-corrected chi connectivity index (χ3v) is 5.45. The quantitative estimate of drug-likeness (QED) is 0.596. The van der Waals surface area contributed by atoms with Gasteiger partial charge in [-0.05, 0) is 30.5 Å². The summed E-state index contributed by atoms with van der Waals surface area (Å²) in [5.41, 5.74) is 2.39. The highest BCUT2D eigenvalue weighted by atomic mass is 16.2. The molecule has 0 spiro atoms. The summed E-state index contributed by atoms with van der Waals surface area (Å²) in [6.07, 6.45) is 1.61. The molecule has 140 valence electrons. The molecule has 1 aliphatic rings. The molecular formula is C25H23NO2. The van der Waals surface area contributed by atoms with Crippen LogP contribution in [0.15, 0.2) is 91.0 Å². The zero-order valence-electron chi connectivity index (χ0n) is 15.7. The first-order valence-electron chi connectivity index (χ1n) is 9.76. The largest absolute Gasteiger partial charge is 0.331 e. The third kappa shape index (κ3) is 3.61. The molecule has 3 nitrogen and oxygen atoms in total. The van der Waals surface area contributed by atoms with Crippen LogP contribution < -0.4 is 0 Å². The summed E-state index contributed by atoms with van der Waals surface area (Å²) in [6, 6.07) is 28.5. The SMILES string of the molecule is O=C(c1ccccc1)C1CCCN(C(=O)c2ccccc2)C1c1ccccc1. The Morgan fingerprint density at radius 3 is 1.86 bits per heavy atom. The lowest BCUT2D eigenvalue weighted by Gasteiger charge is -2.41. The number of ketones is 1. The monoisotopic (exact) mass is 369 g/mol. The fourth-order valence-corrected chi connectivity index (χ4v) is 4.12.